The number of nitrogens with zero attached hydrogens (tertiary/aromatic N) is 3. The van der Waals surface area contributed by atoms with Gasteiger partial charge in [0.2, 0.25) is 0 Å². The third kappa shape index (κ3) is 3.26. The molecule has 0 unspecified atom stereocenters. The van der Waals surface area contributed by atoms with E-state index in [4.69, 9.17) is 0 Å². The SMILES string of the molecule is CN1C(=O)C(=Cc2cc3c([te]2)N(c2ccccc2)c2ccccc2C3(C)C)C(=O)N(C)C1=O. The Morgan fingerprint density at radius 1 is 0.818 bits per heavy atom. The summed E-state index contributed by atoms with van der Waals surface area (Å²) >= 11 is -0.907. The minimum atomic E-state index is -0.907. The molecule has 0 atom stereocenters. The fraction of sp³-hybridized carbons (Fsp3) is 0.192. The van der Waals surface area contributed by atoms with E-state index in [9.17, 15) is 14.4 Å². The number of hydrogen-bond donors (Lipinski definition) is 0. The van der Waals surface area contributed by atoms with Crippen molar-refractivity contribution in [2.75, 3.05) is 19.0 Å². The summed E-state index contributed by atoms with van der Waals surface area (Å²) in [6.45, 7) is 4.44. The molecular formula is C26H23N3O3Te. The summed E-state index contributed by atoms with van der Waals surface area (Å²) in [5, 5.41) is 0. The molecule has 2 aliphatic heterocycles. The summed E-state index contributed by atoms with van der Waals surface area (Å²) in [7, 11) is 2.81. The molecule has 4 amide bonds. The van der Waals surface area contributed by atoms with Gasteiger partial charge in [-0.05, 0) is 0 Å². The summed E-state index contributed by atoms with van der Waals surface area (Å²) in [5.41, 5.74) is 4.53. The number of para-hydroxylation sites is 2. The van der Waals surface area contributed by atoms with Gasteiger partial charge in [0.05, 0.1) is 0 Å². The van der Waals surface area contributed by atoms with Crippen LogP contribution in [0.15, 0.2) is 66.2 Å². The molecule has 7 heteroatoms. The van der Waals surface area contributed by atoms with Gasteiger partial charge in [-0.25, -0.2) is 0 Å². The summed E-state index contributed by atoms with van der Waals surface area (Å²) < 4.78 is 2.26. The second-order valence-electron chi connectivity index (χ2n) is 8.75. The molecule has 3 heterocycles. The predicted molar refractivity (Wildman–Crippen MR) is 129 cm³/mol. The fourth-order valence-corrected chi connectivity index (χ4v) is 8.19. The van der Waals surface area contributed by atoms with Gasteiger partial charge in [-0.2, -0.15) is 0 Å². The maximum atomic E-state index is 12.7. The quantitative estimate of drug-likeness (QED) is 0.270. The fourth-order valence-electron chi connectivity index (χ4n) is 4.49. The van der Waals surface area contributed by atoms with Gasteiger partial charge in [-0.1, -0.05) is 0 Å². The van der Waals surface area contributed by atoms with E-state index in [1.54, 1.807) is 6.08 Å². The first-order chi connectivity index (χ1) is 15.7. The van der Waals surface area contributed by atoms with Gasteiger partial charge in [-0.15, -0.1) is 0 Å². The zero-order valence-corrected chi connectivity index (χ0v) is 21.2. The Labute approximate surface area is 202 Å². The monoisotopic (exact) mass is 555 g/mol. The Balaban J connectivity index is 1.69. The number of anilines is 3. The van der Waals surface area contributed by atoms with Crippen LogP contribution in [-0.2, 0) is 15.0 Å². The third-order valence-electron chi connectivity index (χ3n) is 6.37. The number of likely N-dealkylation sites (N-methyl/N-ethyl adjacent to an activating group) is 2. The Kier molecular flexibility index (Phi) is 5.08. The van der Waals surface area contributed by atoms with E-state index >= 15 is 0 Å². The van der Waals surface area contributed by atoms with Crippen LogP contribution in [0, 0.1) is 0 Å². The predicted octanol–water partition coefficient (Wildman–Crippen LogP) is 4.29. The van der Waals surface area contributed by atoms with Gasteiger partial charge >= 0.3 is 203 Å². The number of imide groups is 2. The number of fused-ring (bicyclic) bond motifs is 2. The van der Waals surface area contributed by atoms with Crippen LogP contribution in [-0.4, -0.2) is 62.2 Å². The number of carbonyl (C=O) groups is 3. The molecule has 6 nitrogen and oxygen atoms in total. The van der Waals surface area contributed by atoms with Gasteiger partial charge in [0.15, 0.2) is 0 Å². The van der Waals surface area contributed by atoms with Crippen LogP contribution in [0.25, 0.3) is 6.08 Å². The maximum absolute atomic E-state index is 12.7. The van der Waals surface area contributed by atoms with Crippen molar-refractivity contribution in [1.29, 1.82) is 0 Å². The molecule has 1 saturated heterocycles. The van der Waals surface area contributed by atoms with Crippen LogP contribution in [0.5, 0.6) is 0 Å². The van der Waals surface area contributed by atoms with Crippen LogP contribution >= 0.6 is 0 Å². The number of hydrogen-bond acceptors (Lipinski definition) is 4. The van der Waals surface area contributed by atoms with Gasteiger partial charge in [0.25, 0.3) is 0 Å². The van der Waals surface area contributed by atoms with Crippen LogP contribution in [0.2, 0.25) is 0 Å². The number of urea groups is 1. The van der Waals surface area contributed by atoms with Gasteiger partial charge < -0.3 is 0 Å². The first-order valence-corrected chi connectivity index (χ1v) is 13.0. The third-order valence-corrected chi connectivity index (χ3v) is 9.42. The molecule has 0 bridgehead atoms. The molecule has 166 valence electrons. The van der Waals surface area contributed by atoms with Crippen molar-refractivity contribution >= 4 is 59.4 Å². The van der Waals surface area contributed by atoms with E-state index in [1.807, 2.05) is 18.2 Å². The number of barbiturate groups is 1. The average Bonchev–Trinajstić information content (AvgIpc) is 3.25. The number of benzene rings is 2. The van der Waals surface area contributed by atoms with Crippen molar-refractivity contribution < 1.29 is 14.4 Å². The van der Waals surface area contributed by atoms with Crippen LogP contribution in [0.3, 0.4) is 0 Å². The summed E-state index contributed by atoms with van der Waals surface area (Å²) in [6.07, 6.45) is 1.70. The van der Waals surface area contributed by atoms with Crippen molar-refractivity contribution in [1.82, 2.24) is 9.80 Å². The van der Waals surface area contributed by atoms with E-state index in [2.05, 4.69) is 61.2 Å². The summed E-state index contributed by atoms with van der Waals surface area (Å²) in [4.78, 5) is 41.9. The molecule has 1 aromatic heterocycles. The first-order valence-electron chi connectivity index (χ1n) is 10.6. The Morgan fingerprint density at radius 2 is 1.42 bits per heavy atom. The Morgan fingerprint density at radius 3 is 2.09 bits per heavy atom. The summed E-state index contributed by atoms with van der Waals surface area (Å²) in [5.74, 6) is -1.10. The van der Waals surface area contributed by atoms with Crippen LogP contribution in [0.1, 0.15) is 28.6 Å². The van der Waals surface area contributed by atoms with E-state index in [0.29, 0.717) is 0 Å². The molecular weight excluding hydrogens is 530 g/mol. The van der Waals surface area contributed by atoms with Gasteiger partial charge in [0, 0.05) is 0 Å². The van der Waals surface area contributed by atoms with Crippen molar-refractivity contribution in [2.24, 2.45) is 0 Å². The molecule has 1 fully saturated rings. The zero-order valence-electron chi connectivity index (χ0n) is 18.8. The molecule has 3 aromatic rings. The van der Waals surface area contributed by atoms with E-state index < -0.39 is 38.3 Å². The molecule has 33 heavy (non-hydrogen) atoms. The van der Waals surface area contributed by atoms with Crippen molar-refractivity contribution in [3.63, 3.8) is 0 Å². The average molecular weight is 553 g/mol. The first kappa shape index (κ1) is 21.7. The van der Waals surface area contributed by atoms with Crippen LogP contribution < -0.4 is 4.90 Å². The van der Waals surface area contributed by atoms with E-state index in [1.165, 1.54) is 28.9 Å². The summed E-state index contributed by atoms with van der Waals surface area (Å²) in [6, 6.07) is 20.3. The molecule has 2 aromatic carbocycles. The van der Waals surface area contributed by atoms with Gasteiger partial charge in [-0.3, -0.25) is 0 Å². The molecule has 0 spiro atoms. The standard InChI is InChI=1S/C26H23N3O3Te/c1-26(2)19-12-8-9-13-21(19)29(16-10-6-5-7-11-16)24-20(26)15-17(33-24)14-18-22(30)27(3)25(32)28(4)23(18)31/h5-15H,1-4H3. The molecule has 0 N–H and O–H groups in total. The van der Waals surface area contributed by atoms with E-state index in [0.717, 1.165) is 24.8 Å². The Hall–Kier alpha value is -3.14. The second-order valence-corrected chi connectivity index (χ2v) is 11.8. The minimum absolute atomic E-state index is 0.0392. The Bertz CT molecular complexity index is 1310. The second kappa shape index (κ2) is 7.72. The molecule has 0 radical (unpaired) electrons. The van der Waals surface area contributed by atoms with Crippen molar-refractivity contribution in [3.8, 4) is 0 Å². The number of rotatable bonds is 2. The normalized spacial score (nSPS) is 17.3. The number of amides is 4. The molecule has 0 saturated carbocycles. The van der Waals surface area contributed by atoms with Crippen molar-refractivity contribution in [3.05, 3.63) is 80.9 Å². The number of carbonyl (C=O) groups excluding carboxylic acids is 3. The molecule has 5 rings (SSSR count). The van der Waals surface area contributed by atoms with Gasteiger partial charge in [0.1, 0.15) is 0 Å². The zero-order chi connectivity index (χ0) is 23.5. The van der Waals surface area contributed by atoms with E-state index in [-0.39, 0.29) is 11.0 Å². The van der Waals surface area contributed by atoms with Crippen LogP contribution in [0.4, 0.5) is 19.9 Å². The molecule has 2 aliphatic rings. The topological polar surface area (TPSA) is 60.9 Å². The van der Waals surface area contributed by atoms with Crippen molar-refractivity contribution in [2.45, 2.75) is 19.3 Å². The molecule has 0 aliphatic carbocycles.